The van der Waals surface area contributed by atoms with Crippen molar-refractivity contribution in [1.29, 1.82) is 0 Å². The highest BCUT2D eigenvalue weighted by atomic mass is 127. The summed E-state index contributed by atoms with van der Waals surface area (Å²) in [7, 11) is 1.10. The van der Waals surface area contributed by atoms with Crippen LogP contribution in [0.2, 0.25) is 0 Å². The summed E-state index contributed by atoms with van der Waals surface area (Å²) in [6, 6.07) is 2.27. The number of methoxy groups -OCH3 is 1. The first-order chi connectivity index (χ1) is 7.27. The molecule has 0 atom stereocenters. The number of carbonyl (C=O) groups excluding carboxylic acids is 1. The predicted molar refractivity (Wildman–Crippen MR) is 59.2 cm³/mol. The highest BCUT2D eigenvalue weighted by molar-refractivity contribution is 14.1. The summed E-state index contributed by atoms with van der Waals surface area (Å²) in [6.45, 7) is 0. The van der Waals surface area contributed by atoms with Crippen molar-refractivity contribution in [1.82, 2.24) is 0 Å². The van der Waals surface area contributed by atoms with Gasteiger partial charge < -0.3 is 10.5 Å². The van der Waals surface area contributed by atoms with E-state index in [1.54, 1.807) is 22.6 Å². The van der Waals surface area contributed by atoms with Crippen molar-refractivity contribution < 1.29 is 22.7 Å². The molecule has 1 aromatic rings. The van der Waals surface area contributed by atoms with E-state index in [9.17, 15) is 18.0 Å². The fraction of sp³-hybridized carbons (Fsp3) is 0.222. The van der Waals surface area contributed by atoms with Gasteiger partial charge in [0.05, 0.1) is 12.7 Å². The normalized spacial score (nSPS) is 11.3. The zero-order valence-corrected chi connectivity index (χ0v) is 10.2. The Kier molecular flexibility index (Phi) is 3.66. The van der Waals surface area contributed by atoms with E-state index in [1.807, 2.05) is 0 Å². The number of alkyl halides is 3. The standard InChI is InChI=1S/C9H7F3INO2/c1-16-6-3-4(13)2-5(8(14)15)7(6)9(10,11)12/h2-3H,1H3,(H2,14,15). The van der Waals surface area contributed by atoms with Crippen molar-refractivity contribution in [3.05, 3.63) is 26.8 Å². The molecule has 0 aliphatic carbocycles. The third-order valence-electron chi connectivity index (χ3n) is 1.84. The van der Waals surface area contributed by atoms with Gasteiger partial charge in [0.15, 0.2) is 0 Å². The number of primary amides is 1. The Morgan fingerprint density at radius 1 is 1.44 bits per heavy atom. The van der Waals surface area contributed by atoms with Gasteiger partial charge in [-0.05, 0) is 34.7 Å². The third-order valence-corrected chi connectivity index (χ3v) is 2.46. The maximum atomic E-state index is 12.7. The summed E-state index contributed by atoms with van der Waals surface area (Å²) >= 11 is 1.78. The quantitative estimate of drug-likeness (QED) is 0.837. The molecule has 3 nitrogen and oxygen atoms in total. The molecule has 7 heteroatoms. The Balaban J connectivity index is 3.58. The van der Waals surface area contributed by atoms with Crippen molar-refractivity contribution in [2.45, 2.75) is 6.18 Å². The number of nitrogens with two attached hydrogens (primary N) is 1. The van der Waals surface area contributed by atoms with Crippen LogP contribution in [0.15, 0.2) is 12.1 Å². The molecule has 0 saturated heterocycles. The van der Waals surface area contributed by atoms with Gasteiger partial charge in [0, 0.05) is 3.57 Å². The number of ether oxygens (including phenoxy) is 1. The van der Waals surface area contributed by atoms with Gasteiger partial charge in [0.1, 0.15) is 11.3 Å². The fourth-order valence-electron chi connectivity index (χ4n) is 1.23. The van der Waals surface area contributed by atoms with Crippen molar-refractivity contribution in [3.63, 3.8) is 0 Å². The maximum absolute atomic E-state index is 12.7. The van der Waals surface area contributed by atoms with E-state index >= 15 is 0 Å². The summed E-state index contributed by atoms with van der Waals surface area (Å²) in [4.78, 5) is 11.0. The molecule has 1 rings (SSSR count). The van der Waals surface area contributed by atoms with Crippen LogP contribution in [0.5, 0.6) is 5.75 Å². The Morgan fingerprint density at radius 3 is 2.38 bits per heavy atom. The van der Waals surface area contributed by atoms with Crippen LogP contribution < -0.4 is 10.5 Å². The van der Waals surface area contributed by atoms with Gasteiger partial charge in [0.25, 0.3) is 0 Å². The molecule has 1 amide bonds. The molecule has 88 valence electrons. The van der Waals surface area contributed by atoms with Gasteiger partial charge in [-0.25, -0.2) is 0 Å². The molecule has 0 aromatic heterocycles. The van der Waals surface area contributed by atoms with E-state index < -0.39 is 29.0 Å². The van der Waals surface area contributed by atoms with Crippen molar-refractivity contribution >= 4 is 28.5 Å². The highest BCUT2D eigenvalue weighted by Gasteiger charge is 2.38. The molecule has 0 fully saturated rings. The lowest BCUT2D eigenvalue weighted by molar-refractivity contribution is -0.139. The van der Waals surface area contributed by atoms with Crippen LogP contribution in [0.4, 0.5) is 13.2 Å². The minimum Gasteiger partial charge on any atom is -0.496 e. The SMILES string of the molecule is COc1cc(I)cc(C(N)=O)c1C(F)(F)F. The van der Waals surface area contributed by atoms with Crippen LogP contribution >= 0.6 is 22.6 Å². The summed E-state index contributed by atoms with van der Waals surface area (Å²) in [6.07, 6.45) is -4.68. The Labute approximate surface area is 103 Å². The monoisotopic (exact) mass is 345 g/mol. The Hall–Kier alpha value is -0.990. The van der Waals surface area contributed by atoms with E-state index in [-0.39, 0.29) is 0 Å². The molecule has 0 spiro atoms. The average molecular weight is 345 g/mol. The second kappa shape index (κ2) is 4.48. The van der Waals surface area contributed by atoms with Crippen LogP contribution in [-0.2, 0) is 6.18 Å². The molecule has 0 unspecified atom stereocenters. The van der Waals surface area contributed by atoms with Crippen LogP contribution in [0, 0.1) is 3.57 Å². The minimum absolute atomic E-state index is 0.409. The van der Waals surface area contributed by atoms with Crippen LogP contribution in [0.3, 0.4) is 0 Å². The van der Waals surface area contributed by atoms with Crippen LogP contribution in [0.25, 0.3) is 0 Å². The molecule has 0 saturated carbocycles. The second-order valence-electron chi connectivity index (χ2n) is 2.89. The van der Waals surface area contributed by atoms with E-state index in [0.717, 1.165) is 13.2 Å². The van der Waals surface area contributed by atoms with Gasteiger partial charge in [-0.1, -0.05) is 0 Å². The van der Waals surface area contributed by atoms with Crippen molar-refractivity contribution in [2.24, 2.45) is 5.73 Å². The Morgan fingerprint density at radius 2 is 2.00 bits per heavy atom. The summed E-state index contributed by atoms with van der Waals surface area (Å²) in [5.41, 5.74) is 3.18. The lowest BCUT2D eigenvalue weighted by Crippen LogP contribution is -2.20. The summed E-state index contributed by atoms with van der Waals surface area (Å²) < 4.78 is 43.1. The van der Waals surface area contributed by atoms with Gasteiger partial charge in [-0.2, -0.15) is 13.2 Å². The maximum Gasteiger partial charge on any atom is 0.420 e. The first-order valence-electron chi connectivity index (χ1n) is 4.02. The first kappa shape index (κ1) is 13.1. The number of hydrogen-bond donors (Lipinski definition) is 1. The van der Waals surface area contributed by atoms with E-state index in [2.05, 4.69) is 4.74 Å². The molecular weight excluding hydrogens is 338 g/mol. The number of benzene rings is 1. The van der Waals surface area contributed by atoms with Crippen LogP contribution in [-0.4, -0.2) is 13.0 Å². The molecule has 1 aromatic carbocycles. The smallest absolute Gasteiger partial charge is 0.420 e. The van der Waals surface area contributed by atoms with Gasteiger partial charge in [-0.3, -0.25) is 4.79 Å². The molecule has 0 aliphatic rings. The summed E-state index contributed by atoms with van der Waals surface area (Å²) in [5, 5.41) is 0. The largest absolute Gasteiger partial charge is 0.496 e. The van der Waals surface area contributed by atoms with Gasteiger partial charge in [-0.15, -0.1) is 0 Å². The van der Waals surface area contributed by atoms with E-state index in [4.69, 9.17) is 5.73 Å². The van der Waals surface area contributed by atoms with Crippen molar-refractivity contribution in [3.8, 4) is 5.75 Å². The van der Waals surface area contributed by atoms with Crippen molar-refractivity contribution in [2.75, 3.05) is 7.11 Å². The zero-order valence-electron chi connectivity index (χ0n) is 8.06. The number of rotatable bonds is 2. The molecule has 0 bridgehead atoms. The molecular formula is C9H7F3INO2. The number of carbonyl (C=O) groups is 1. The number of amides is 1. The molecule has 2 N–H and O–H groups in total. The van der Waals surface area contributed by atoms with E-state index in [1.165, 1.54) is 6.07 Å². The lowest BCUT2D eigenvalue weighted by atomic mass is 10.1. The molecule has 0 aliphatic heterocycles. The third kappa shape index (κ3) is 2.57. The lowest BCUT2D eigenvalue weighted by Gasteiger charge is -2.15. The molecule has 0 radical (unpaired) electrons. The first-order valence-corrected chi connectivity index (χ1v) is 5.09. The number of hydrogen-bond acceptors (Lipinski definition) is 2. The zero-order chi connectivity index (χ0) is 12.5. The fourth-order valence-corrected chi connectivity index (χ4v) is 1.82. The van der Waals surface area contributed by atoms with Gasteiger partial charge >= 0.3 is 6.18 Å². The minimum atomic E-state index is -4.68. The van der Waals surface area contributed by atoms with Crippen LogP contribution in [0.1, 0.15) is 15.9 Å². The highest BCUT2D eigenvalue weighted by Crippen LogP contribution is 2.39. The Bertz CT molecular complexity index is 431. The second-order valence-corrected chi connectivity index (χ2v) is 4.14. The predicted octanol–water partition coefficient (Wildman–Crippen LogP) is 2.42. The topological polar surface area (TPSA) is 52.3 Å². The average Bonchev–Trinajstić information content (AvgIpc) is 2.14. The number of halogens is 4. The molecule has 0 heterocycles. The van der Waals surface area contributed by atoms with Gasteiger partial charge in [0.2, 0.25) is 5.91 Å². The van der Waals surface area contributed by atoms with E-state index in [0.29, 0.717) is 3.57 Å². The molecule has 16 heavy (non-hydrogen) atoms. The summed E-state index contributed by atoms with van der Waals surface area (Å²) in [5.74, 6) is -1.54.